The quantitative estimate of drug-likeness (QED) is 0.906. The van der Waals surface area contributed by atoms with Crippen LogP contribution in [0.4, 0.5) is 4.39 Å². The first-order valence-corrected chi connectivity index (χ1v) is 7.65. The number of amides is 1. The van der Waals surface area contributed by atoms with Gasteiger partial charge in [0.25, 0.3) is 5.91 Å². The van der Waals surface area contributed by atoms with Gasteiger partial charge in [-0.15, -0.1) is 0 Å². The molecule has 0 spiro atoms. The normalized spacial score (nSPS) is 19.5. The Morgan fingerprint density at radius 1 is 1.14 bits per heavy atom. The highest BCUT2D eigenvalue weighted by molar-refractivity contribution is 6.07. The van der Waals surface area contributed by atoms with E-state index in [1.54, 1.807) is 24.3 Å². The zero-order chi connectivity index (χ0) is 14.4. The summed E-state index contributed by atoms with van der Waals surface area (Å²) in [5, 5.41) is 4.27. The highest BCUT2D eigenvalue weighted by atomic mass is 19.1. The third kappa shape index (κ3) is 2.21. The SMILES string of the molecule is O=C(NCC1(C2CC2)CC1)c1ccc(F)c2ccccc12. The lowest BCUT2D eigenvalue weighted by molar-refractivity contribution is 0.0944. The molecular formula is C18H18FNO. The molecule has 0 radical (unpaired) electrons. The number of nitrogens with one attached hydrogen (secondary N) is 1. The van der Waals surface area contributed by atoms with Crippen molar-refractivity contribution < 1.29 is 9.18 Å². The van der Waals surface area contributed by atoms with E-state index in [0.29, 0.717) is 21.8 Å². The van der Waals surface area contributed by atoms with Gasteiger partial charge in [0.05, 0.1) is 0 Å². The molecule has 0 atom stereocenters. The standard InChI is InChI=1S/C18H18FNO/c19-16-8-7-15(13-3-1-2-4-14(13)16)17(21)20-11-18(9-10-18)12-5-6-12/h1-4,7-8,12H,5-6,9-11H2,(H,20,21). The van der Waals surface area contributed by atoms with Crippen LogP contribution in [0.15, 0.2) is 36.4 Å². The van der Waals surface area contributed by atoms with Crippen molar-refractivity contribution in [3.05, 3.63) is 47.8 Å². The van der Waals surface area contributed by atoms with Crippen LogP contribution in [0.3, 0.4) is 0 Å². The lowest BCUT2D eigenvalue weighted by Crippen LogP contribution is -2.31. The summed E-state index contributed by atoms with van der Waals surface area (Å²) in [6.07, 6.45) is 5.11. The van der Waals surface area contributed by atoms with Crippen LogP contribution in [0.5, 0.6) is 0 Å². The summed E-state index contributed by atoms with van der Waals surface area (Å²) in [5.41, 5.74) is 0.949. The number of hydrogen-bond donors (Lipinski definition) is 1. The molecule has 0 bridgehead atoms. The Morgan fingerprint density at radius 3 is 2.52 bits per heavy atom. The van der Waals surface area contributed by atoms with Crippen molar-refractivity contribution in [2.24, 2.45) is 11.3 Å². The fraction of sp³-hybridized carbons (Fsp3) is 0.389. The minimum atomic E-state index is -0.279. The van der Waals surface area contributed by atoms with Gasteiger partial charge in [-0.2, -0.15) is 0 Å². The average molecular weight is 283 g/mol. The largest absolute Gasteiger partial charge is 0.351 e. The number of halogens is 1. The van der Waals surface area contributed by atoms with Crippen molar-refractivity contribution in [3.63, 3.8) is 0 Å². The van der Waals surface area contributed by atoms with Gasteiger partial charge in [-0.1, -0.05) is 24.3 Å². The second-order valence-electron chi connectivity index (χ2n) is 6.46. The average Bonchev–Trinajstić information content (AvgIpc) is 3.38. The molecule has 0 aromatic heterocycles. The number of rotatable bonds is 4. The van der Waals surface area contributed by atoms with Crippen LogP contribution in [0.25, 0.3) is 10.8 Å². The maximum atomic E-state index is 13.8. The number of carbonyl (C=O) groups is 1. The molecule has 0 saturated heterocycles. The zero-order valence-electron chi connectivity index (χ0n) is 11.9. The summed E-state index contributed by atoms with van der Waals surface area (Å²) in [6.45, 7) is 0.766. The van der Waals surface area contributed by atoms with Crippen LogP contribution in [0.2, 0.25) is 0 Å². The lowest BCUT2D eigenvalue weighted by Gasteiger charge is -2.15. The molecule has 2 fully saturated rings. The smallest absolute Gasteiger partial charge is 0.251 e. The zero-order valence-corrected chi connectivity index (χ0v) is 11.9. The first-order chi connectivity index (χ1) is 10.2. The predicted octanol–water partition coefficient (Wildman–Crippen LogP) is 3.90. The molecule has 2 aromatic rings. The molecule has 2 nitrogen and oxygen atoms in total. The van der Waals surface area contributed by atoms with E-state index in [9.17, 15) is 9.18 Å². The van der Waals surface area contributed by atoms with E-state index >= 15 is 0 Å². The Kier molecular flexibility index (Phi) is 2.78. The van der Waals surface area contributed by atoms with Gasteiger partial charge < -0.3 is 5.32 Å². The van der Waals surface area contributed by atoms with Crippen molar-refractivity contribution in [2.45, 2.75) is 25.7 Å². The Bertz CT molecular complexity index is 716. The summed E-state index contributed by atoms with van der Waals surface area (Å²) in [5.74, 6) is 0.458. The summed E-state index contributed by atoms with van der Waals surface area (Å²) in [7, 11) is 0. The molecule has 3 heteroatoms. The maximum Gasteiger partial charge on any atom is 0.251 e. The molecule has 2 aliphatic carbocycles. The molecule has 1 N–H and O–H groups in total. The highest BCUT2D eigenvalue weighted by Gasteiger charge is 2.53. The van der Waals surface area contributed by atoms with E-state index in [-0.39, 0.29) is 11.7 Å². The van der Waals surface area contributed by atoms with Crippen molar-refractivity contribution in [3.8, 4) is 0 Å². The molecule has 0 heterocycles. The van der Waals surface area contributed by atoms with E-state index in [1.807, 2.05) is 6.07 Å². The Labute approximate surface area is 123 Å². The van der Waals surface area contributed by atoms with Crippen molar-refractivity contribution in [2.75, 3.05) is 6.54 Å². The third-order valence-corrected chi connectivity index (χ3v) is 5.05. The maximum absolute atomic E-state index is 13.8. The number of hydrogen-bond acceptors (Lipinski definition) is 1. The molecule has 108 valence electrons. The molecule has 2 saturated carbocycles. The van der Waals surface area contributed by atoms with Gasteiger partial charge in [0.1, 0.15) is 5.82 Å². The van der Waals surface area contributed by atoms with E-state index in [0.717, 1.165) is 12.5 Å². The Hall–Kier alpha value is -1.90. The second-order valence-corrected chi connectivity index (χ2v) is 6.46. The van der Waals surface area contributed by atoms with E-state index < -0.39 is 0 Å². The molecule has 21 heavy (non-hydrogen) atoms. The fourth-order valence-corrected chi connectivity index (χ4v) is 3.40. The van der Waals surface area contributed by atoms with E-state index in [1.165, 1.54) is 31.7 Å². The van der Waals surface area contributed by atoms with Gasteiger partial charge in [-0.05, 0) is 54.5 Å². The fourth-order valence-electron chi connectivity index (χ4n) is 3.40. The molecule has 0 aliphatic heterocycles. The minimum absolute atomic E-state index is 0.0851. The van der Waals surface area contributed by atoms with Crippen LogP contribution in [-0.2, 0) is 0 Å². The van der Waals surface area contributed by atoms with Crippen LogP contribution >= 0.6 is 0 Å². The van der Waals surface area contributed by atoms with Crippen molar-refractivity contribution in [1.82, 2.24) is 5.32 Å². The molecule has 2 aromatic carbocycles. The first-order valence-electron chi connectivity index (χ1n) is 7.65. The number of benzene rings is 2. The van der Waals surface area contributed by atoms with Gasteiger partial charge in [0.15, 0.2) is 0 Å². The highest BCUT2D eigenvalue weighted by Crippen LogP contribution is 2.60. The molecule has 1 amide bonds. The predicted molar refractivity (Wildman–Crippen MR) is 80.6 cm³/mol. The summed E-state index contributed by atoms with van der Waals surface area (Å²) >= 11 is 0. The topological polar surface area (TPSA) is 29.1 Å². The van der Waals surface area contributed by atoms with Gasteiger partial charge in [0, 0.05) is 17.5 Å². The number of fused-ring (bicyclic) bond motifs is 1. The Balaban J connectivity index is 1.58. The van der Waals surface area contributed by atoms with Crippen molar-refractivity contribution >= 4 is 16.7 Å². The Morgan fingerprint density at radius 2 is 1.86 bits per heavy atom. The first kappa shape index (κ1) is 12.8. The molecular weight excluding hydrogens is 265 g/mol. The van der Waals surface area contributed by atoms with Gasteiger partial charge in [-0.3, -0.25) is 4.79 Å². The van der Waals surface area contributed by atoms with Gasteiger partial charge in [0.2, 0.25) is 0 Å². The minimum Gasteiger partial charge on any atom is -0.351 e. The van der Waals surface area contributed by atoms with Crippen LogP contribution in [0, 0.1) is 17.2 Å². The van der Waals surface area contributed by atoms with Crippen molar-refractivity contribution in [1.29, 1.82) is 0 Å². The summed E-state index contributed by atoms with van der Waals surface area (Å²) in [6, 6.07) is 10.1. The monoisotopic (exact) mass is 283 g/mol. The van der Waals surface area contributed by atoms with Gasteiger partial charge in [-0.25, -0.2) is 4.39 Å². The van der Waals surface area contributed by atoms with E-state index in [2.05, 4.69) is 5.32 Å². The van der Waals surface area contributed by atoms with Crippen LogP contribution < -0.4 is 5.32 Å². The molecule has 4 rings (SSSR count). The third-order valence-electron chi connectivity index (χ3n) is 5.05. The van der Waals surface area contributed by atoms with Crippen LogP contribution in [0.1, 0.15) is 36.0 Å². The van der Waals surface area contributed by atoms with E-state index in [4.69, 9.17) is 0 Å². The summed E-state index contributed by atoms with van der Waals surface area (Å²) in [4.78, 5) is 12.5. The summed E-state index contributed by atoms with van der Waals surface area (Å²) < 4.78 is 13.8. The molecule has 2 aliphatic rings. The second kappa shape index (κ2) is 4.55. The lowest BCUT2D eigenvalue weighted by atomic mass is 10.00. The number of carbonyl (C=O) groups excluding carboxylic acids is 1. The van der Waals surface area contributed by atoms with Gasteiger partial charge >= 0.3 is 0 Å². The molecule has 0 unspecified atom stereocenters. The van der Waals surface area contributed by atoms with Crippen LogP contribution in [-0.4, -0.2) is 12.5 Å².